The van der Waals surface area contributed by atoms with Gasteiger partial charge in [-0.3, -0.25) is 15.0 Å². The molecule has 0 unspecified atom stereocenters. The minimum atomic E-state index is -0.0588. The van der Waals surface area contributed by atoms with Gasteiger partial charge in [0, 0.05) is 51.3 Å². The molecule has 2 amide bonds. The Hall–Kier alpha value is -3.45. The summed E-state index contributed by atoms with van der Waals surface area (Å²) >= 11 is 0. The van der Waals surface area contributed by atoms with Crippen molar-refractivity contribution in [2.45, 2.75) is 38.1 Å². The van der Waals surface area contributed by atoms with Crippen LogP contribution in [0.3, 0.4) is 0 Å². The molecule has 192 valence electrons. The van der Waals surface area contributed by atoms with Crippen LogP contribution in [0.5, 0.6) is 0 Å². The number of nitrogens with zero attached hydrogens (tertiary/aromatic N) is 2. The lowest BCUT2D eigenvalue weighted by molar-refractivity contribution is -0.126. The molecule has 1 aliphatic heterocycles. The SMILES string of the molecule is N=CN1CCCCN(C(=O)/C=C\c2ccccc2)CCCNC(=O)C[C@@H](c2ccccc2)NCCC1. The predicted octanol–water partition coefficient (Wildman–Crippen LogP) is 3.85. The van der Waals surface area contributed by atoms with Crippen LogP contribution in [0.25, 0.3) is 6.08 Å². The Bertz CT molecular complexity index is 964. The number of hydrogen-bond donors (Lipinski definition) is 3. The van der Waals surface area contributed by atoms with Crippen molar-refractivity contribution in [2.24, 2.45) is 0 Å². The Morgan fingerprint density at radius 1 is 0.861 bits per heavy atom. The second-order valence-electron chi connectivity index (χ2n) is 9.12. The van der Waals surface area contributed by atoms with Crippen molar-refractivity contribution < 1.29 is 9.59 Å². The molecule has 1 saturated heterocycles. The quantitative estimate of drug-likeness (QED) is 0.346. The number of rotatable bonds is 4. The molecule has 1 fully saturated rings. The number of amides is 2. The number of nitrogens with one attached hydrogen (secondary N) is 3. The standard InChI is InChI=1S/C29H39N5O2/c30-24-33-19-7-8-21-34(29(36)16-15-25-11-3-1-4-12-25)22-10-18-32-28(35)23-27(31-17-9-20-33)26-13-5-2-6-14-26/h1-6,11-16,24,27,30-31H,7-10,17-23H2,(H,32,35)/b16-15-,30-24?/t27-/m0/s1. The number of carbonyl (C=O) groups excluding carboxylic acids is 2. The van der Waals surface area contributed by atoms with Crippen molar-refractivity contribution in [1.82, 2.24) is 20.4 Å². The molecule has 2 aromatic carbocycles. The molecule has 0 bridgehead atoms. The number of benzene rings is 2. The Morgan fingerprint density at radius 3 is 2.25 bits per heavy atom. The molecule has 7 nitrogen and oxygen atoms in total. The topological polar surface area (TPSA) is 88.5 Å². The lowest BCUT2D eigenvalue weighted by atomic mass is 10.0. The first-order valence-electron chi connectivity index (χ1n) is 13.0. The molecule has 1 aliphatic rings. The van der Waals surface area contributed by atoms with E-state index in [0.717, 1.165) is 50.0 Å². The van der Waals surface area contributed by atoms with E-state index in [4.69, 9.17) is 5.41 Å². The highest BCUT2D eigenvalue weighted by atomic mass is 16.2. The molecular formula is C29H39N5O2. The monoisotopic (exact) mass is 489 g/mol. The smallest absolute Gasteiger partial charge is 0.246 e. The van der Waals surface area contributed by atoms with Crippen LogP contribution >= 0.6 is 0 Å². The van der Waals surface area contributed by atoms with Gasteiger partial charge in [-0.1, -0.05) is 60.7 Å². The molecule has 0 saturated carbocycles. The maximum atomic E-state index is 12.9. The van der Waals surface area contributed by atoms with Gasteiger partial charge in [-0.15, -0.1) is 0 Å². The summed E-state index contributed by atoms with van der Waals surface area (Å²) in [4.78, 5) is 29.5. The van der Waals surface area contributed by atoms with E-state index < -0.39 is 0 Å². The van der Waals surface area contributed by atoms with Gasteiger partial charge in [-0.2, -0.15) is 0 Å². The first-order chi connectivity index (χ1) is 17.7. The summed E-state index contributed by atoms with van der Waals surface area (Å²) in [6.07, 6.45) is 8.62. The highest BCUT2D eigenvalue weighted by Crippen LogP contribution is 2.16. The first kappa shape index (κ1) is 27.1. The summed E-state index contributed by atoms with van der Waals surface area (Å²) < 4.78 is 0. The van der Waals surface area contributed by atoms with Crippen LogP contribution in [0.4, 0.5) is 0 Å². The molecule has 0 spiro atoms. The fourth-order valence-corrected chi connectivity index (χ4v) is 4.33. The van der Waals surface area contributed by atoms with E-state index in [2.05, 4.69) is 10.6 Å². The lowest BCUT2D eigenvalue weighted by Crippen LogP contribution is -2.35. The molecule has 0 aliphatic carbocycles. The van der Waals surface area contributed by atoms with Gasteiger partial charge in [0.05, 0.1) is 6.34 Å². The van der Waals surface area contributed by atoms with E-state index in [1.165, 1.54) is 6.34 Å². The van der Waals surface area contributed by atoms with Gasteiger partial charge in [-0.05, 0) is 49.4 Å². The Morgan fingerprint density at radius 2 is 1.50 bits per heavy atom. The van der Waals surface area contributed by atoms with Gasteiger partial charge < -0.3 is 20.4 Å². The van der Waals surface area contributed by atoms with Crippen molar-refractivity contribution in [3.63, 3.8) is 0 Å². The third kappa shape index (κ3) is 9.66. The molecule has 7 heteroatoms. The Balaban J connectivity index is 1.63. The van der Waals surface area contributed by atoms with E-state index in [1.54, 1.807) is 6.08 Å². The van der Waals surface area contributed by atoms with Crippen molar-refractivity contribution in [3.8, 4) is 0 Å². The summed E-state index contributed by atoms with van der Waals surface area (Å²) in [5.74, 6) is -0.0102. The van der Waals surface area contributed by atoms with Crippen molar-refractivity contribution in [2.75, 3.05) is 39.3 Å². The average Bonchev–Trinajstić information content (AvgIpc) is 2.92. The highest BCUT2D eigenvalue weighted by molar-refractivity contribution is 5.91. The van der Waals surface area contributed by atoms with Crippen molar-refractivity contribution in [3.05, 3.63) is 77.9 Å². The van der Waals surface area contributed by atoms with E-state index >= 15 is 0 Å². The molecule has 1 atom stereocenters. The zero-order valence-corrected chi connectivity index (χ0v) is 21.1. The Kier molecular flexibility index (Phi) is 11.7. The predicted molar refractivity (Wildman–Crippen MR) is 146 cm³/mol. The normalized spacial score (nSPS) is 19.4. The van der Waals surface area contributed by atoms with Crippen LogP contribution < -0.4 is 10.6 Å². The van der Waals surface area contributed by atoms with E-state index in [-0.39, 0.29) is 17.9 Å². The van der Waals surface area contributed by atoms with Gasteiger partial charge in [0.25, 0.3) is 0 Å². The summed E-state index contributed by atoms with van der Waals surface area (Å²) in [6.45, 7) is 4.14. The molecule has 1 heterocycles. The van der Waals surface area contributed by atoms with Gasteiger partial charge in [0.2, 0.25) is 11.8 Å². The van der Waals surface area contributed by atoms with Gasteiger partial charge >= 0.3 is 0 Å². The summed E-state index contributed by atoms with van der Waals surface area (Å²) in [7, 11) is 0. The van der Waals surface area contributed by atoms with Crippen LogP contribution in [-0.4, -0.2) is 67.2 Å². The van der Waals surface area contributed by atoms with Crippen LogP contribution in [0, 0.1) is 5.41 Å². The molecular weight excluding hydrogens is 450 g/mol. The molecule has 36 heavy (non-hydrogen) atoms. The summed E-state index contributed by atoms with van der Waals surface area (Å²) in [5, 5.41) is 14.3. The van der Waals surface area contributed by atoms with Gasteiger partial charge in [-0.25, -0.2) is 0 Å². The zero-order chi connectivity index (χ0) is 25.4. The fraction of sp³-hybridized carbons (Fsp3) is 0.414. The van der Waals surface area contributed by atoms with Crippen LogP contribution in [0.1, 0.15) is 49.3 Å². The molecule has 0 aromatic heterocycles. The second kappa shape index (κ2) is 15.5. The molecule has 3 N–H and O–H groups in total. The van der Waals surface area contributed by atoms with E-state index in [0.29, 0.717) is 32.5 Å². The fourth-order valence-electron chi connectivity index (χ4n) is 4.33. The number of hydrogen-bond acceptors (Lipinski definition) is 4. The lowest BCUT2D eigenvalue weighted by Gasteiger charge is -2.23. The van der Waals surface area contributed by atoms with Crippen LogP contribution in [0.15, 0.2) is 66.7 Å². The minimum Gasteiger partial charge on any atom is -0.363 e. The van der Waals surface area contributed by atoms with Crippen LogP contribution in [0.2, 0.25) is 0 Å². The van der Waals surface area contributed by atoms with Gasteiger partial charge in [0.15, 0.2) is 0 Å². The van der Waals surface area contributed by atoms with Gasteiger partial charge in [0.1, 0.15) is 0 Å². The molecule has 0 radical (unpaired) electrons. The summed E-state index contributed by atoms with van der Waals surface area (Å²) in [6, 6.07) is 19.8. The third-order valence-electron chi connectivity index (χ3n) is 6.37. The van der Waals surface area contributed by atoms with E-state index in [1.807, 2.05) is 76.5 Å². The zero-order valence-electron chi connectivity index (χ0n) is 21.1. The van der Waals surface area contributed by atoms with E-state index in [9.17, 15) is 9.59 Å². The maximum absolute atomic E-state index is 12.9. The maximum Gasteiger partial charge on any atom is 0.246 e. The third-order valence-corrected chi connectivity index (χ3v) is 6.37. The second-order valence-corrected chi connectivity index (χ2v) is 9.12. The minimum absolute atomic E-state index is 0.00337. The van der Waals surface area contributed by atoms with Crippen molar-refractivity contribution in [1.29, 1.82) is 5.41 Å². The number of carbonyl (C=O) groups is 2. The van der Waals surface area contributed by atoms with Crippen LogP contribution in [-0.2, 0) is 9.59 Å². The average molecular weight is 490 g/mol. The molecule has 3 rings (SSSR count). The highest BCUT2D eigenvalue weighted by Gasteiger charge is 2.16. The summed E-state index contributed by atoms with van der Waals surface area (Å²) in [5.41, 5.74) is 2.09. The molecule has 2 aromatic rings. The van der Waals surface area contributed by atoms with Crippen molar-refractivity contribution >= 4 is 24.2 Å². The largest absolute Gasteiger partial charge is 0.363 e. The Labute approximate surface area is 215 Å². The first-order valence-corrected chi connectivity index (χ1v) is 13.0.